The number of carbonyl (C=O) groups excluding carboxylic acids is 1. The number of pyridine rings is 1. The molecule has 3 rings (SSSR count). The van der Waals surface area contributed by atoms with Gasteiger partial charge in [-0.25, -0.2) is 0 Å². The van der Waals surface area contributed by atoms with Gasteiger partial charge in [-0.2, -0.15) is 13.2 Å². The zero-order valence-electron chi connectivity index (χ0n) is 11.2. The monoisotopic (exact) mass is 305 g/mol. The molecular formula is C15H10F3N3O. The fourth-order valence-electron chi connectivity index (χ4n) is 2.37. The number of nitrogens with zero attached hydrogens (tertiary/aromatic N) is 2. The Labute approximate surface area is 123 Å². The van der Waals surface area contributed by atoms with Crippen molar-refractivity contribution in [1.29, 1.82) is 0 Å². The summed E-state index contributed by atoms with van der Waals surface area (Å²) >= 11 is 0. The van der Waals surface area contributed by atoms with E-state index in [1.807, 2.05) is 0 Å². The van der Waals surface area contributed by atoms with Gasteiger partial charge in [-0.05, 0) is 41.0 Å². The first-order chi connectivity index (χ1) is 10.4. The molecule has 7 heteroatoms. The summed E-state index contributed by atoms with van der Waals surface area (Å²) in [4.78, 5) is 19.0. The zero-order chi connectivity index (χ0) is 15.9. The van der Waals surface area contributed by atoms with E-state index in [0.29, 0.717) is 22.3 Å². The average Bonchev–Trinajstić information content (AvgIpc) is 2.93. The molecule has 0 fully saturated rings. The minimum Gasteiger partial charge on any atom is -0.364 e. The van der Waals surface area contributed by atoms with Crippen LogP contribution in [-0.4, -0.2) is 17.1 Å². The third-order valence-corrected chi connectivity index (χ3v) is 3.40. The van der Waals surface area contributed by atoms with Crippen LogP contribution in [0.15, 0.2) is 35.5 Å². The van der Waals surface area contributed by atoms with Crippen molar-refractivity contribution in [2.75, 3.05) is 0 Å². The van der Waals surface area contributed by atoms with Crippen molar-refractivity contribution in [2.24, 2.45) is 10.7 Å². The predicted octanol–water partition coefficient (Wildman–Crippen LogP) is 2.80. The number of alkyl halides is 3. The van der Waals surface area contributed by atoms with Gasteiger partial charge in [0.2, 0.25) is 0 Å². The van der Waals surface area contributed by atoms with Gasteiger partial charge in [0.05, 0.1) is 12.1 Å². The standard InChI is InChI=1S/C15H10F3N3O/c16-15(17,18)10-3-9-6-20-7-12(9)11(5-10)8-1-2-21-13(4-8)14(19)22/h1-5,7H,6H2,(H2,19,22). The summed E-state index contributed by atoms with van der Waals surface area (Å²) in [5, 5.41) is 0. The molecular weight excluding hydrogens is 295 g/mol. The first-order valence-electron chi connectivity index (χ1n) is 6.36. The summed E-state index contributed by atoms with van der Waals surface area (Å²) in [5.74, 6) is -0.737. The normalized spacial score (nSPS) is 13.2. The van der Waals surface area contributed by atoms with Gasteiger partial charge in [-0.1, -0.05) is 0 Å². The molecule has 22 heavy (non-hydrogen) atoms. The van der Waals surface area contributed by atoms with E-state index in [2.05, 4.69) is 9.98 Å². The largest absolute Gasteiger partial charge is 0.416 e. The Hall–Kier alpha value is -2.70. The third-order valence-electron chi connectivity index (χ3n) is 3.40. The van der Waals surface area contributed by atoms with E-state index < -0.39 is 17.6 Å². The minimum atomic E-state index is -4.45. The number of primary amides is 1. The number of nitrogens with two attached hydrogens (primary N) is 1. The first-order valence-corrected chi connectivity index (χ1v) is 6.36. The number of hydrogen-bond donors (Lipinski definition) is 1. The van der Waals surface area contributed by atoms with Gasteiger partial charge in [0.25, 0.3) is 5.91 Å². The number of rotatable bonds is 2. The van der Waals surface area contributed by atoms with E-state index in [9.17, 15) is 18.0 Å². The average molecular weight is 305 g/mol. The van der Waals surface area contributed by atoms with Crippen molar-refractivity contribution in [1.82, 2.24) is 4.98 Å². The fraction of sp³-hybridized carbons (Fsp3) is 0.133. The molecule has 0 bridgehead atoms. The summed E-state index contributed by atoms with van der Waals surface area (Å²) in [6.07, 6.45) is -1.57. The highest BCUT2D eigenvalue weighted by Gasteiger charge is 2.32. The summed E-state index contributed by atoms with van der Waals surface area (Å²) in [6, 6.07) is 5.07. The highest BCUT2D eigenvalue weighted by molar-refractivity contribution is 5.96. The lowest BCUT2D eigenvalue weighted by molar-refractivity contribution is -0.137. The Balaban J connectivity index is 2.22. The van der Waals surface area contributed by atoms with Crippen molar-refractivity contribution in [2.45, 2.75) is 12.7 Å². The van der Waals surface area contributed by atoms with Gasteiger partial charge in [0.15, 0.2) is 0 Å². The number of carbonyl (C=O) groups is 1. The third kappa shape index (κ3) is 2.45. The Morgan fingerprint density at radius 1 is 1.23 bits per heavy atom. The number of fused-ring (bicyclic) bond motifs is 1. The van der Waals surface area contributed by atoms with Crippen molar-refractivity contribution in [3.05, 3.63) is 52.8 Å². The number of halogens is 3. The van der Waals surface area contributed by atoms with Crippen molar-refractivity contribution < 1.29 is 18.0 Å². The van der Waals surface area contributed by atoms with E-state index >= 15 is 0 Å². The number of aliphatic imine (C=N–C) groups is 1. The number of hydrogen-bond acceptors (Lipinski definition) is 3. The molecule has 112 valence electrons. The van der Waals surface area contributed by atoms with E-state index in [0.717, 1.165) is 12.1 Å². The second-order valence-corrected chi connectivity index (χ2v) is 4.86. The number of amides is 1. The van der Waals surface area contributed by atoms with Crippen LogP contribution in [0.5, 0.6) is 0 Å². The van der Waals surface area contributed by atoms with Gasteiger partial charge in [0, 0.05) is 18.0 Å². The second-order valence-electron chi connectivity index (χ2n) is 4.86. The second kappa shape index (κ2) is 4.94. The van der Waals surface area contributed by atoms with E-state index in [1.54, 1.807) is 0 Å². The van der Waals surface area contributed by atoms with Gasteiger partial charge < -0.3 is 5.73 Å². The number of benzene rings is 1. The van der Waals surface area contributed by atoms with Crippen molar-refractivity contribution in [3.8, 4) is 11.1 Å². The molecule has 1 aromatic heterocycles. The number of aromatic nitrogens is 1. The highest BCUT2D eigenvalue weighted by atomic mass is 19.4. The molecule has 2 heterocycles. The zero-order valence-corrected chi connectivity index (χ0v) is 11.2. The molecule has 1 aliphatic rings. The van der Waals surface area contributed by atoms with Crippen molar-refractivity contribution in [3.63, 3.8) is 0 Å². The maximum atomic E-state index is 13.0. The van der Waals surface area contributed by atoms with Crippen LogP contribution >= 0.6 is 0 Å². The van der Waals surface area contributed by atoms with Gasteiger partial charge in [-0.3, -0.25) is 14.8 Å². The molecule has 0 unspecified atom stereocenters. The van der Waals surface area contributed by atoms with Crippen LogP contribution in [0.2, 0.25) is 0 Å². The van der Waals surface area contributed by atoms with Crippen LogP contribution in [0.3, 0.4) is 0 Å². The van der Waals surface area contributed by atoms with Gasteiger partial charge in [0.1, 0.15) is 5.69 Å². The molecule has 1 aliphatic heterocycles. The van der Waals surface area contributed by atoms with Crippen LogP contribution in [0, 0.1) is 0 Å². The molecule has 0 spiro atoms. The van der Waals surface area contributed by atoms with Crippen LogP contribution in [0.4, 0.5) is 13.2 Å². The van der Waals surface area contributed by atoms with E-state index in [4.69, 9.17) is 5.73 Å². The molecule has 2 N–H and O–H groups in total. The topological polar surface area (TPSA) is 68.3 Å². The van der Waals surface area contributed by atoms with E-state index in [1.165, 1.54) is 24.5 Å². The van der Waals surface area contributed by atoms with Gasteiger partial charge >= 0.3 is 6.18 Å². The Bertz CT molecular complexity index is 797. The predicted molar refractivity (Wildman–Crippen MR) is 74.5 cm³/mol. The van der Waals surface area contributed by atoms with E-state index in [-0.39, 0.29) is 12.2 Å². The fourth-order valence-corrected chi connectivity index (χ4v) is 2.37. The Morgan fingerprint density at radius 3 is 2.68 bits per heavy atom. The minimum absolute atomic E-state index is 0.00130. The van der Waals surface area contributed by atoms with Crippen molar-refractivity contribution >= 4 is 12.1 Å². The molecule has 1 amide bonds. The maximum Gasteiger partial charge on any atom is 0.416 e. The lowest BCUT2D eigenvalue weighted by atomic mass is 9.94. The lowest BCUT2D eigenvalue weighted by Crippen LogP contribution is -2.13. The molecule has 1 aromatic carbocycles. The quantitative estimate of drug-likeness (QED) is 0.927. The maximum absolute atomic E-state index is 13.0. The Morgan fingerprint density at radius 2 is 2.00 bits per heavy atom. The molecule has 2 aromatic rings. The molecule has 0 radical (unpaired) electrons. The Kier molecular flexibility index (Phi) is 3.20. The van der Waals surface area contributed by atoms with Crippen LogP contribution in [0.1, 0.15) is 27.2 Å². The highest BCUT2D eigenvalue weighted by Crippen LogP contribution is 2.37. The summed E-state index contributed by atoms with van der Waals surface area (Å²) < 4.78 is 39.1. The SMILES string of the molecule is NC(=O)c1cc(-c2cc(C(F)(F)F)cc3c2C=NC3)ccn1. The molecule has 0 atom stereocenters. The van der Waals surface area contributed by atoms with Crippen LogP contribution in [0.25, 0.3) is 11.1 Å². The first kappa shape index (κ1) is 14.2. The van der Waals surface area contributed by atoms with Crippen LogP contribution < -0.4 is 5.73 Å². The summed E-state index contributed by atoms with van der Waals surface area (Å²) in [7, 11) is 0. The smallest absolute Gasteiger partial charge is 0.364 e. The molecule has 0 saturated carbocycles. The van der Waals surface area contributed by atoms with Gasteiger partial charge in [-0.15, -0.1) is 0 Å². The lowest BCUT2D eigenvalue weighted by Gasteiger charge is -2.13. The molecule has 4 nitrogen and oxygen atoms in total. The molecule has 0 aliphatic carbocycles. The summed E-state index contributed by atoms with van der Waals surface area (Å²) in [5.41, 5.74) is 6.34. The van der Waals surface area contributed by atoms with Crippen LogP contribution in [-0.2, 0) is 12.7 Å². The summed E-state index contributed by atoms with van der Waals surface area (Å²) in [6.45, 7) is 0.208. The molecule has 0 saturated heterocycles.